The normalized spacial score (nSPS) is 10.4. The zero-order valence-corrected chi connectivity index (χ0v) is 12.2. The highest BCUT2D eigenvalue weighted by Crippen LogP contribution is 2.09. The first-order chi connectivity index (χ1) is 10.2. The van der Waals surface area contributed by atoms with Crippen molar-refractivity contribution in [2.75, 3.05) is 13.1 Å². The zero-order valence-electron chi connectivity index (χ0n) is 11.4. The molecule has 0 aliphatic carbocycles. The van der Waals surface area contributed by atoms with Crippen molar-refractivity contribution in [2.45, 2.75) is 6.54 Å². The number of carbonyl (C=O) groups is 1. The van der Waals surface area contributed by atoms with Gasteiger partial charge in [0.2, 0.25) is 0 Å². The zero-order chi connectivity index (χ0) is 15.1. The Balaban J connectivity index is 1.69. The van der Waals surface area contributed by atoms with Crippen LogP contribution in [0.2, 0.25) is 5.02 Å². The van der Waals surface area contributed by atoms with Gasteiger partial charge in [0.05, 0.1) is 5.56 Å². The molecule has 0 saturated heterocycles. The molecule has 0 aliphatic heterocycles. The van der Waals surface area contributed by atoms with Crippen molar-refractivity contribution in [3.8, 4) is 0 Å². The maximum Gasteiger partial charge on any atom is 0.254 e. The van der Waals surface area contributed by atoms with Crippen LogP contribution in [0.4, 0.5) is 4.39 Å². The lowest BCUT2D eigenvalue weighted by Gasteiger charge is -2.07. The molecule has 110 valence electrons. The van der Waals surface area contributed by atoms with Crippen molar-refractivity contribution in [1.29, 1.82) is 0 Å². The van der Waals surface area contributed by atoms with Gasteiger partial charge in [-0.1, -0.05) is 35.9 Å². The summed E-state index contributed by atoms with van der Waals surface area (Å²) in [6.45, 7) is 1.72. The standard InChI is InChI=1S/C16H16ClFN2O/c17-13-7-5-12(6-8-13)11-19-9-10-20-16(21)14-3-1-2-4-15(14)18/h1-8,19H,9-11H2,(H,20,21). The monoisotopic (exact) mass is 306 g/mol. The van der Waals surface area contributed by atoms with Crippen LogP contribution in [0, 0.1) is 5.82 Å². The first-order valence-electron chi connectivity index (χ1n) is 6.65. The lowest BCUT2D eigenvalue weighted by molar-refractivity contribution is 0.0950. The van der Waals surface area contributed by atoms with Crippen LogP contribution in [-0.4, -0.2) is 19.0 Å². The molecule has 21 heavy (non-hydrogen) atoms. The minimum atomic E-state index is -0.510. The van der Waals surface area contributed by atoms with Crippen LogP contribution < -0.4 is 10.6 Å². The molecule has 1 amide bonds. The minimum Gasteiger partial charge on any atom is -0.351 e. The van der Waals surface area contributed by atoms with Crippen LogP contribution in [0.3, 0.4) is 0 Å². The van der Waals surface area contributed by atoms with Crippen molar-refractivity contribution in [3.05, 3.63) is 70.5 Å². The third kappa shape index (κ3) is 4.85. The van der Waals surface area contributed by atoms with Gasteiger partial charge in [-0.05, 0) is 29.8 Å². The van der Waals surface area contributed by atoms with Crippen LogP contribution in [-0.2, 0) is 6.54 Å². The molecule has 0 radical (unpaired) electrons. The van der Waals surface area contributed by atoms with Gasteiger partial charge in [0.1, 0.15) is 5.82 Å². The number of benzene rings is 2. The molecule has 0 unspecified atom stereocenters. The SMILES string of the molecule is O=C(NCCNCc1ccc(Cl)cc1)c1ccccc1F. The molecular formula is C16H16ClFN2O. The van der Waals surface area contributed by atoms with E-state index in [1.807, 2.05) is 24.3 Å². The van der Waals surface area contributed by atoms with E-state index in [1.165, 1.54) is 12.1 Å². The smallest absolute Gasteiger partial charge is 0.254 e. The van der Waals surface area contributed by atoms with E-state index in [9.17, 15) is 9.18 Å². The Morgan fingerprint density at radius 3 is 2.48 bits per heavy atom. The summed E-state index contributed by atoms with van der Waals surface area (Å²) in [6, 6.07) is 13.5. The van der Waals surface area contributed by atoms with Crippen molar-refractivity contribution in [1.82, 2.24) is 10.6 Å². The van der Waals surface area contributed by atoms with Crippen molar-refractivity contribution >= 4 is 17.5 Å². The Morgan fingerprint density at radius 2 is 1.76 bits per heavy atom. The molecule has 0 atom stereocenters. The molecule has 2 aromatic rings. The summed E-state index contributed by atoms with van der Waals surface area (Å²) in [7, 11) is 0. The van der Waals surface area contributed by atoms with Gasteiger partial charge in [-0.15, -0.1) is 0 Å². The molecule has 3 nitrogen and oxygen atoms in total. The van der Waals surface area contributed by atoms with E-state index >= 15 is 0 Å². The first-order valence-corrected chi connectivity index (χ1v) is 7.02. The lowest BCUT2D eigenvalue weighted by Crippen LogP contribution is -2.32. The quantitative estimate of drug-likeness (QED) is 0.806. The average Bonchev–Trinajstić information content (AvgIpc) is 2.49. The predicted octanol–water partition coefficient (Wildman–Crippen LogP) is 3.00. The summed E-state index contributed by atoms with van der Waals surface area (Å²) in [5, 5.41) is 6.57. The Morgan fingerprint density at radius 1 is 1.05 bits per heavy atom. The number of amides is 1. The number of nitrogens with one attached hydrogen (secondary N) is 2. The van der Waals surface area contributed by atoms with Crippen molar-refractivity contribution in [3.63, 3.8) is 0 Å². The first kappa shape index (κ1) is 15.5. The van der Waals surface area contributed by atoms with Gasteiger partial charge < -0.3 is 10.6 Å². The minimum absolute atomic E-state index is 0.0650. The van der Waals surface area contributed by atoms with Gasteiger partial charge in [-0.25, -0.2) is 4.39 Å². The molecular weight excluding hydrogens is 291 g/mol. The lowest BCUT2D eigenvalue weighted by atomic mass is 10.2. The summed E-state index contributed by atoms with van der Waals surface area (Å²) in [5.74, 6) is -0.912. The van der Waals surface area contributed by atoms with E-state index in [1.54, 1.807) is 12.1 Å². The highest BCUT2D eigenvalue weighted by Gasteiger charge is 2.09. The van der Waals surface area contributed by atoms with Crippen LogP contribution in [0.1, 0.15) is 15.9 Å². The van der Waals surface area contributed by atoms with Crippen molar-refractivity contribution < 1.29 is 9.18 Å². The van der Waals surface area contributed by atoms with Gasteiger partial charge in [0.15, 0.2) is 0 Å². The fourth-order valence-electron chi connectivity index (χ4n) is 1.84. The third-order valence-corrected chi connectivity index (χ3v) is 3.20. The second-order valence-electron chi connectivity index (χ2n) is 4.54. The third-order valence-electron chi connectivity index (χ3n) is 2.95. The average molecular weight is 307 g/mol. The Hall–Kier alpha value is -1.91. The maximum atomic E-state index is 13.4. The Bertz CT molecular complexity index is 601. The molecule has 5 heteroatoms. The summed E-state index contributed by atoms with van der Waals surface area (Å²) in [6.07, 6.45) is 0. The Kier molecular flexibility index (Phi) is 5.72. The molecule has 0 bridgehead atoms. The van der Waals surface area contributed by atoms with E-state index in [4.69, 9.17) is 11.6 Å². The highest BCUT2D eigenvalue weighted by atomic mass is 35.5. The van der Waals surface area contributed by atoms with Gasteiger partial charge >= 0.3 is 0 Å². The van der Waals surface area contributed by atoms with E-state index in [-0.39, 0.29) is 5.56 Å². The van der Waals surface area contributed by atoms with Crippen LogP contribution in [0.25, 0.3) is 0 Å². The number of carbonyl (C=O) groups excluding carboxylic acids is 1. The molecule has 0 heterocycles. The molecule has 0 fully saturated rings. The molecule has 0 aliphatic rings. The van der Waals surface area contributed by atoms with Gasteiger partial charge in [-0.3, -0.25) is 4.79 Å². The van der Waals surface area contributed by atoms with Gasteiger partial charge in [0.25, 0.3) is 5.91 Å². The van der Waals surface area contributed by atoms with E-state index in [0.717, 1.165) is 5.56 Å². The van der Waals surface area contributed by atoms with Crippen LogP contribution >= 0.6 is 11.6 Å². The highest BCUT2D eigenvalue weighted by molar-refractivity contribution is 6.30. The van der Waals surface area contributed by atoms with Gasteiger partial charge in [-0.2, -0.15) is 0 Å². The van der Waals surface area contributed by atoms with E-state index in [0.29, 0.717) is 24.7 Å². The summed E-state index contributed by atoms with van der Waals surface area (Å²) in [5.41, 5.74) is 1.18. The molecule has 0 saturated carbocycles. The second kappa shape index (κ2) is 7.76. The number of hydrogen-bond acceptors (Lipinski definition) is 2. The largest absolute Gasteiger partial charge is 0.351 e. The number of halogens is 2. The predicted molar refractivity (Wildman–Crippen MR) is 81.9 cm³/mol. The summed E-state index contributed by atoms with van der Waals surface area (Å²) < 4.78 is 13.4. The fourth-order valence-corrected chi connectivity index (χ4v) is 1.97. The van der Waals surface area contributed by atoms with Crippen LogP contribution in [0.15, 0.2) is 48.5 Å². The number of rotatable bonds is 6. The van der Waals surface area contributed by atoms with E-state index < -0.39 is 11.7 Å². The topological polar surface area (TPSA) is 41.1 Å². The summed E-state index contributed by atoms with van der Waals surface area (Å²) in [4.78, 5) is 11.7. The summed E-state index contributed by atoms with van der Waals surface area (Å²) >= 11 is 5.80. The van der Waals surface area contributed by atoms with E-state index in [2.05, 4.69) is 10.6 Å². The number of hydrogen-bond donors (Lipinski definition) is 2. The molecule has 0 aromatic heterocycles. The maximum absolute atomic E-state index is 13.4. The molecule has 2 N–H and O–H groups in total. The van der Waals surface area contributed by atoms with Gasteiger partial charge in [0, 0.05) is 24.7 Å². The molecule has 2 rings (SSSR count). The van der Waals surface area contributed by atoms with Crippen LogP contribution in [0.5, 0.6) is 0 Å². The van der Waals surface area contributed by atoms with Crippen molar-refractivity contribution in [2.24, 2.45) is 0 Å². The Labute approximate surface area is 128 Å². The second-order valence-corrected chi connectivity index (χ2v) is 4.98. The fraction of sp³-hybridized carbons (Fsp3) is 0.188. The molecule has 0 spiro atoms. The molecule has 2 aromatic carbocycles.